The first kappa shape index (κ1) is 16.4. The van der Waals surface area contributed by atoms with Crippen molar-refractivity contribution >= 4 is 5.91 Å². The fourth-order valence-electron chi connectivity index (χ4n) is 1.69. The Balaban J connectivity index is 2.80. The van der Waals surface area contributed by atoms with Gasteiger partial charge in [0.1, 0.15) is 5.75 Å². The van der Waals surface area contributed by atoms with E-state index in [1.54, 1.807) is 6.92 Å². The van der Waals surface area contributed by atoms with E-state index in [0.717, 1.165) is 11.4 Å². The quantitative estimate of drug-likeness (QED) is 0.799. The summed E-state index contributed by atoms with van der Waals surface area (Å²) in [6, 6.07) is 4.12. The molecule has 0 radical (unpaired) electrons. The highest BCUT2D eigenvalue weighted by molar-refractivity contribution is 5.80. The van der Waals surface area contributed by atoms with E-state index < -0.39 is 6.10 Å². The molecule has 0 saturated carbocycles. The fraction of sp³-hybridized carbons (Fsp3) is 0.600. The smallest absolute Gasteiger partial charge is 0.260 e. The van der Waals surface area contributed by atoms with Gasteiger partial charge in [0.05, 0.1) is 5.69 Å². The molecule has 1 heterocycles. The molecule has 5 heteroatoms. The van der Waals surface area contributed by atoms with Crippen molar-refractivity contribution in [3.63, 3.8) is 0 Å². The van der Waals surface area contributed by atoms with E-state index in [4.69, 9.17) is 4.74 Å². The number of rotatable bonds is 7. The Morgan fingerprint density at radius 2 is 2.05 bits per heavy atom. The lowest BCUT2D eigenvalue weighted by Gasteiger charge is -2.17. The van der Waals surface area contributed by atoms with E-state index in [-0.39, 0.29) is 5.91 Å². The van der Waals surface area contributed by atoms with Crippen LogP contribution in [0.4, 0.5) is 0 Å². The molecule has 0 aromatic carbocycles. The van der Waals surface area contributed by atoms with Crippen LogP contribution >= 0.6 is 0 Å². The number of ether oxygens (including phenoxy) is 1. The van der Waals surface area contributed by atoms with Crippen LogP contribution in [0.5, 0.6) is 5.75 Å². The number of carbonyl (C=O) groups is 1. The van der Waals surface area contributed by atoms with Gasteiger partial charge in [-0.15, -0.1) is 0 Å². The van der Waals surface area contributed by atoms with Crippen molar-refractivity contribution in [2.75, 3.05) is 6.54 Å². The van der Waals surface area contributed by atoms with Crippen molar-refractivity contribution in [2.24, 2.45) is 0 Å². The Bertz CT molecular complexity index is 447. The van der Waals surface area contributed by atoms with Crippen LogP contribution in [-0.4, -0.2) is 29.6 Å². The van der Waals surface area contributed by atoms with E-state index in [1.165, 1.54) is 0 Å². The number of aromatic nitrogens is 1. The first-order chi connectivity index (χ1) is 9.43. The van der Waals surface area contributed by atoms with Crippen LogP contribution < -0.4 is 15.4 Å². The minimum atomic E-state index is -0.530. The Labute approximate surface area is 121 Å². The minimum Gasteiger partial charge on any atom is -0.479 e. The number of nitrogens with zero attached hydrogens (tertiary/aromatic N) is 1. The van der Waals surface area contributed by atoms with Gasteiger partial charge in [-0.2, -0.15) is 0 Å². The predicted molar refractivity (Wildman–Crippen MR) is 79.7 cm³/mol. The number of hydrogen-bond donors (Lipinski definition) is 2. The van der Waals surface area contributed by atoms with Crippen molar-refractivity contribution in [3.8, 4) is 5.75 Å². The first-order valence-electron chi connectivity index (χ1n) is 7.08. The number of likely N-dealkylation sites (N-methyl/N-ethyl adjacent to an activating group) is 1. The van der Waals surface area contributed by atoms with Crippen LogP contribution in [0.3, 0.4) is 0 Å². The minimum absolute atomic E-state index is 0.115. The summed E-state index contributed by atoms with van der Waals surface area (Å²) in [5.74, 6) is 0.540. The maximum Gasteiger partial charge on any atom is 0.260 e. The predicted octanol–water partition coefficient (Wildman–Crippen LogP) is 1.79. The van der Waals surface area contributed by atoms with Crippen LogP contribution in [0.25, 0.3) is 0 Å². The van der Waals surface area contributed by atoms with E-state index in [0.29, 0.717) is 24.9 Å². The van der Waals surface area contributed by atoms with Crippen LogP contribution in [0.15, 0.2) is 12.1 Å². The maximum atomic E-state index is 11.7. The largest absolute Gasteiger partial charge is 0.479 e. The number of aryl methyl sites for hydroxylation is 1. The summed E-state index contributed by atoms with van der Waals surface area (Å²) in [5.41, 5.74) is 1.76. The molecule has 1 amide bonds. The number of amides is 1. The normalized spacial score (nSPS) is 12.3. The summed E-state index contributed by atoms with van der Waals surface area (Å²) in [7, 11) is 0. The van der Waals surface area contributed by atoms with Gasteiger partial charge in [-0.05, 0) is 32.9 Å². The van der Waals surface area contributed by atoms with E-state index in [2.05, 4.69) is 29.5 Å². The van der Waals surface area contributed by atoms with Gasteiger partial charge >= 0.3 is 0 Å². The molecule has 0 aliphatic heterocycles. The van der Waals surface area contributed by atoms with Crippen molar-refractivity contribution in [1.29, 1.82) is 0 Å². The molecular formula is C15H25N3O2. The van der Waals surface area contributed by atoms with Crippen LogP contribution in [0, 0.1) is 6.92 Å². The second-order valence-electron chi connectivity index (χ2n) is 5.09. The molecule has 1 aromatic rings. The zero-order chi connectivity index (χ0) is 15.1. The maximum absolute atomic E-state index is 11.7. The summed E-state index contributed by atoms with van der Waals surface area (Å²) in [6.45, 7) is 10.9. The Hall–Kier alpha value is -1.62. The van der Waals surface area contributed by atoms with Gasteiger partial charge < -0.3 is 15.4 Å². The number of pyridine rings is 1. The molecule has 1 rings (SSSR count). The summed E-state index contributed by atoms with van der Waals surface area (Å²) < 4.78 is 5.73. The number of hydrogen-bond acceptors (Lipinski definition) is 4. The van der Waals surface area contributed by atoms with Crippen molar-refractivity contribution < 1.29 is 9.53 Å². The summed E-state index contributed by atoms with van der Waals surface area (Å²) in [5, 5.41) is 6.06. The lowest BCUT2D eigenvalue weighted by Crippen LogP contribution is -2.36. The van der Waals surface area contributed by atoms with E-state index in [1.807, 2.05) is 26.0 Å². The molecule has 1 aromatic heterocycles. The molecule has 0 saturated heterocycles. The zero-order valence-electron chi connectivity index (χ0n) is 13.0. The van der Waals surface area contributed by atoms with Gasteiger partial charge in [0, 0.05) is 24.8 Å². The van der Waals surface area contributed by atoms with Crippen LogP contribution in [-0.2, 0) is 11.3 Å². The Morgan fingerprint density at radius 1 is 1.35 bits per heavy atom. The van der Waals surface area contributed by atoms with Crippen molar-refractivity contribution in [2.45, 2.75) is 53.3 Å². The Kier molecular flexibility index (Phi) is 6.45. The van der Waals surface area contributed by atoms with Gasteiger partial charge in [-0.1, -0.05) is 13.8 Å². The van der Waals surface area contributed by atoms with Crippen molar-refractivity contribution in [3.05, 3.63) is 23.5 Å². The second-order valence-corrected chi connectivity index (χ2v) is 5.09. The van der Waals surface area contributed by atoms with Gasteiger partial charge in [0.25, 0.3) is 5.91 Å². The highest BCUT2D eigenvalue weighted by atomic mass is 16.5. The van der Waals surface area contributed by atoms with Gasteiger partial charge in [-0.3, -0.25) is 9.78 Å². The van der Waals surface area contributed by atoms with Gasteiger partial charge in [0.2, 0.25) is 0 Å². The fourth-order valence-corrected chi connectivity index (χ4v) is 1.69. The number of carbonyl (C=O) groups excluding carboxylic acids is 1. The molecule has 0 aliphatic rings. The second kappa shape index (κ2) is 7.85. The highest BCUT2D eigenvalue weighted by Crippen LogP contribution is 2.18. The summed E-state index contributed by atoms with van der Waals surface area (Å²) in [4.78, 5) is 16.2. The molecule has 0 spiro atoms. The average molecular weight is 279 g/mol. The molecule has 0 bridgehead atoms. The topological polar surface area (TPSA) is 63.2 Å². The van der Waals surface area contributed by atoms with E-state index >= 15 is 0 Å². The molecule has 112 valence electrons. The highest BCUT2D eigenvalue weighted by Gasteiger charge is 2.16. The number of nitrogens with one attached hydrogen (secondary N) is 2. The third-order valence-corrected chi connectivity index (χ3v) is 2.77. The van der Waals surface area contributed by atoms with Crippen LogP contribution in [0.2, 0.25) is 0 Å². The van der Waals surface area contributed by atoms with Gasteiger partial charge in [-0.25, -0.2) is 0 Å². The van der Waals surface area contributed by atoms with Crippen LogP contribution in [0.1, 0.15) is 39.1 Å². The summed E-state index contributed by atoms with van der Waals surface area (Å²) in [6.07, 6.45) is -0.530. The third-order valence-electron chi connectivity index (χ3n) is 2.77. The zero-order valence-corrected chi connectivity index (χ0v) is 13.0. The first-order valence-corrected chi connectivity index (χ1v) is 7.08. The molecule has 0 fully saturated rings. The SMILES string of the molecule is CCNC(=O)C(C)Oc1ccc(C)nc1CNC(C)C. The van der Waals surface area contributed by atoms with E-state index in [9.17, 15) is 4.79 Å². The molecule has 20 heavy (non-hydrogen) atoms. The van der Waals surface area contributed by atoms with Crippen molar-refractivity contribution in [1.82, 2.24) is 15.6 Å². The molecular weight excluding hydrogens is 254 g/mol. The molecule has 1 unspecified atom stereocenters. The third kappa shape index (κ3) is 5.17. The standard InChI is InChI=1S/C15H25N3O2/c1-6-16-15(19)12(5)20-14-8-7-11(4)18-13(14)9-17-10(2)3/h7-8,10,12,17H,6,9H2,1-5H3,(H,16,19). The molecule has 2 N–H and O–H groups in total. The molecule has 0 aliphatic carbocycles. The Morgan fingerprint density at radius 3 is 2.65 bits per heavy atom. The lowest BCUT2D eigenvalue weighted by atomic mass is 10.2. The summed E-state index contributed by atoms with van der Waals surface area (Å²) >= 11 is 0. The molecule has 1 atom stereocenters. The lowest BCUT2D eigenvalue weighted by molar-refractivity contribution is -0.127. The monoisotopic (exact) mass is 279 g/mol. The van der Waals surface area contributed by atoms with Gasteiger partial charge in [0.15, 0.2) is 6.10 Å². The molecule has 5 nitrogen and oxygen atoms in total. The average Bonchev–Trinajstić information content (AvgIpc) is 2.39.